The fourth-order valence-corrected chi connectivity index (χ4v) is 1.48. The van der Waals surface area contributed by atoms with Gasteiger partial charge in [-0.2, -0.15) is 0 Å². The molecule has 0 atom stereocenters. The van der Waals surface area contributed by atoms with Crippen LogP contribution in [0.4, 0.5) is 0 Å². The summed E-state index contributed by atoms with van der Waals surface area (Å²) in [6.45, 7) is 6.75. The maximum atomic E-state index is 12.0. The summed E-state index contributed by atoms with van der Waals surface area (Å²) in [4.78, 5) is 34.8. The average molecular weight is 267 g/mol. The molecule has 3 amide bonds. The van der Waals surface area contributed by atoms with Gasteiger partial charge in [-0.05, 0) is 6.92 Å². The van der Waals surface area contributed by atoms with Crippen LogP contribution in [0.15, 0.2) is 23.9 Å². The molecule has 6 nitrogen and oxygen atoms in total. The summed E-state index contributed by atoms with van der Waals surface area (Å²) in [5, 5.41) is 4.96. The molecule has 0 aromatic heterocycles. The monoisotopic (exact) mass is 267 g/mol. The third-order valence-corrected chi connectivity index (χ3v) is 2.23. The average Bonchev–Trinajstić information content (AvgIpc) is 2.45. The first-order chi connectivity index (χ1) is 9.19. The van der Waals surface area contributed by atoms with E-state index in [0.29, 0.717) is 25.1 Å². The summed E-state index contributed by atoms with van der Waals surface area (Å²) < 4.78 is 0. The number of carbonyl (C=O) groups is 3. The van der Waals surface area contributed by atoms with E-state index in [1.165, 1.54) is 11.1 Å². The van der Waals surface area contributed by atoms with Gasteiger partial charge in [0.05, 0.1) is 12.1 Å². The van der Waals surface area contributed by atoms with Crippen LogP contribution in [0.5, 0.6) is 0 Å². The Kier molecular flexibility index (Phi) is 8.78. The van der Waals surface area contributed by atoms with Crippen molar-refractivity contribution in [2.24, 2.45) is 0 Å². The van der Waals surface area contributed by atoms with E-state index in [0.717, 1.165) is 0 Å². The van der Waals surface area contributed by atoms with E-state index in [9.17, 15) is 14.4 Å². The molecular weight excluding hydrogens is 246 g/mol. The van der Waals surface area contributed by atoms with Crippen LogP contribution in [0.2, 0.25) is 0 Å². The molecule has 1 fully saturated rings. The number of nitrogens with zero attached hydrogens (tertiary/aromatic N) is 1. The van der Waals surface area contributed by atoms with E-state index >= 15 is 0 Å². The molecule has 0 radical (unpaired) electrons. The van der Waals surface area contributed by atoms with Crippen LogP contribution >= 0.6 is 0 Å². The van der Waals surface area contributed by atoms with Crippen molar-refractivity contribution in [2.75, 3.05) is 19.6 Å². The SMILES string of the molecule is C/C=C\C(=C/NC=O)C(=O)N1CCNC(=O)C1.CC. The number of piperazine rings is 1. The van der Waals surface area contributed by atoms with Crippen LogP contribution in [-0.2, 0) is 14.4 Å². The van der Waals surface area contributed by atoms with Gasteiger partial charge in [0.15, 0.2) is 0 Å². The molecule has 0 aromatic rings. The summed E-state index contributed by atoms with van der Waals surface area (Å²) in [6.07, 6.45) is 5.09. The minimum atomic E-state index is -0.271. The zero-order chi connectivity index (χ0) is 14.7. The van der Waals surface area contributed by atoms with Crippen molar-refractivity contribution in [1.82, 2.24) is 15.5 Å². The molecule has 1 heterocycles. The molecule has 0 saturated carbocycles. The Balaban J connectivity index is 0.00000154. The number of hydrogen-bond acceptors (Lipinski definition) is 3. The molecule has 0 bridgehead atoms. The number of rotatable bonds is 4. The summed E-state index contributed by atoms with van der Waals surface area (Å²) in [7, 11) is 0. The van der Waals surface area contributed by atoms with E-state index in [1.54, 1.807) is 19.1 Å². The molecule has 1 saturated heterocycles. The minimum Gasteiger partial charge on any atom is -0.353 e. The van der Waals surface area contributed by atoms with Crippen molar-refractivity contribution < 1.29 is 14.4 Å². The van der Waals surface area contributed by atoms with Gasteiger partial charge in [0.25, 0.3) is 5.91 Å². The summed E-state index contributed by atoms with van der Waals surface area (Å²) in [6, 6.07) is 0. The van der Waals surface area contributed by atoms with Crippen molar-refractivity contribution in [1.29, 1.82) is 0 Å². The van der Waals surface area contributed by atoms with Crippen LogP contribution in [0.1, 0.15) is 20.8 Å². The first-order valence-corrected chi connectivity index (χ1v) is 6.27. The molecule has 1 aliphatic rings. The van der Waals surface area contributed by atoms with E-state index in [1.807, 2.05) is 13.8 Å². The van der Waals surface area contributed by atoms with E-state index in [4.69, 9.17) is 0 Å². The molecule has 0 unspecified atom stereocenters. The van der Waals surface area contributed by atoms with Crippen molar-refractivity contribution in [3.05, 3.63) is 23.9 Å². The first-order valence-electron chi connectivity index (χ1n) is 6.27. The van der Waals surface area contributed by atoms with Crippen molar-refractivity contribution >= 4 is 18.2 Å². The largest absolute Gasteiger partial charge is 0.353 e. The highest BCUT2D eigenvalue weighted by Gasteiger charge is 2.22. The van der Waals surface area contributed by atoms with Gasteiger partial charge < -0.3 is 15.5 Å². The van der Waals surface area contributed by atoms with Crippen molar-refractivity contribution in [2.45, 2.75) is 20.8 Å². The Morgan fingerprint density at radius 1 is 1.42 bits per heavy atom. The lowest BCUT2D eigenvalue weighted by atomic mass is 10.2. The summed E-state index contributed by atoms with van der Waals surface area (Å²) in [5.41, 5.74) is 0.342. The van der Waals surface area contributed by atoms with Crippen LogP contribution in [0.25, 0.3) is 0 Å². The first kappa shape index (κ1) is 16.9. The standard InChI is InChI=1S/C11H15N3O3.C2H6/c1-2-3-9(6-12-8-15)11(17)14-5-4-13-10(16)7-14;1-2/h2-3,6,8H,4-5,7H2,1H3,(H,12,15)(H,13,16);1-2H3/b3-2-,9-6+;. The molecule has 0 spiro atoms. The van der Waals surface area contributed by atoms with Crippen LogP contribution < -0.4 is 10.6 Å². The Morgan fingerprint density at radius 2 is 2.11 bits per heavy atom. The van der Waals surface area contributed by atoms with Crippen molar-refractivity contribution in [3.63, 3.8) is 0 Å². The molecule has 0 aliphatic carbocycles. The Labute approximate surface area is 113 Å². The number of carbonyl (C=O) groups excluding carboxylic acids is 3. The second-order valence-corrected chi connectivity index (χ2v) is 3.46. The quantitative estimate of drug-likeness (QED) is 0.433. The van der Waals surface area contributed by atoms with Gasteiger partial charge in [-0.25, -0.2) is 0 Å². The Morgan fingerprint density at radius 3 is 2.63 bits per heavy atom. The fourth-order valence-electron chi connectivity index (χ4n) is 1.48. The Bertz CT molecular complexity index is 375. The number of amides is 3. The molecule has 0 aromatic carbocycles. The third kappa shape index (κ3) is 5.85. The van der Waals surface area contributed by atoms with Gasteiger partial charge in [0, 0.05) is 19.3 Å². The number of hydrogen-bond donors (Lipinski definition) is 2. The van der Waals surface area contributed by atoms with E-state index < -0.39 is 0 Å². The summed E-state index contributed by atoms with van der Waals surface area (Å²) in [5.74, 6) is -0.444. The molecule has 6 heteroatoms. The topological polar surface area (TPSA) is 78.5 Å². The van der Waals surface area contributed by atoms with Gasteiger partial charge in [-0.3, -0.25) is 14.4 Å². The predicted octanol–water partition coefficient (Wildman–Crippen LogP) is 0.177. The van der Waals surface area contributed by atoms with Crippen molar-refractivity contribution in [3.8, 4) is 0 Å². The van der Waals surface area contributed by atoms with Crippen LogP contribution in [0.3, 0.4) is 0 Å². The fraction of sp³-hybridized carbons (Fsp3) is 0.462. The lowest BCUT2D eigenvalue weighted by Crippen LogP contribution is -2.50. The third-order valence-electron chi connectivity index (χ3n) is 2.23. The molecule has 1 rings (SSSR count). The van der Waals surface area contributed by atoms with Gasteiger partial charge in [-0.1, -0.05) is 26.0 Å². The summed E-state index contributed by atoms with van der Waals surface area (Å²) >= 11 is 0. The van der Waals surface area contributed by atoms with E-state index in [-0.39, 0.29) is 18.4 Å². The zero-order valence-electron chi connectivity index (χ0n) is 11.6. The highest BCUT2D eigenvalue weighted by molar-refractivity contribution is 5.98. The smallest absolute Gasteiger partial charge is 0.255 e. The number of nitrogens with one attached hydrogen (secondary N) is 2. The van der Waals surface area contributed by atoms with Gasteiger partial charge >= 0.3 is 0 Å². The number of allylic oxidation sites excluding steroid dienone is 1. The highest BCUT2D eigenvalue weighted by atomic mass is 16.2. The minimum absolute atomic E-state index is 0.0504. The molecule has 1 aliphatic heterocycles. The van der Waals surface area contributed by atoms with Gasteiger partial charge in [0.1, 0.15) is 0 Å². The molecule has 2 N–H and O–H groups in total. The molecule has 106 valence electrons. The maximum absolute atomic E-state index is 12.0. The lowest BCUT2D eigenvalue weighted by molar-refractivity contribution is -0.135. The van der Waals surface area contributed by atoms with Gasteiger partial charge in [0.2, 0.25) is 12.3 Å². The maximum Gasteiger partial charge on any atom is 0.255 e. The second kappa shape index (κ2) is 9.87. The molecular formula is C13H21N3O3. The van der Waals surface area contributed by atoms with Crippen LogP contribution in [0, 0.1) is 0 Å². The molecule has 19 heavy (non-hydrogen) atoms. The highest BCUT2D eigenvalue weighted by Crippen LogP contribution is 2.05. The normalized spacial score (nSPS) is 15.4. The zero-order valence-corrected chi connectivity index (χ0v) is 11.6. The Hall–Kier alpha value is -2.11. The lowest BCUT2D eigenvalue weighted by Gasteiger charge is -2.26. The second-order valence-electron chi connectivity index (χ2n) is 3.46. The van der Waals surface area contributed by atoms with Gasteiger partial charge in [-0.15, -0.1) is 0 Å². The van der Waals surface area contributed by atoms with E-state index in [2.05, 4.69) is 10.6 Å². The predicted molar refractivity (Wildman–Crippen MR) is 73.0 cm³/mol. The van der Waals surface area contributed by atoms with Crippen LogP contribution in [-0.4, -0.2) is 42.8 Å².